The summed E-state index contributed by atoms with van der Waals surface area (Å²) in [5.41, 5.74) is 0. The molecule has 0 aliphatic rings. The van der Waals surface area contributed by atoms with Gasteiger partial charge in [-0.1, -0.05) is 27.2 Å². The number of unbranched alkanes of at least 4 members (excludes halogenated alkanes) is 1. The average molecular weight is 230 g/mol. The molecule has 0 aliphatic carbocycles. The molecule has 0 aromatic heterocycles. The first-order valence-corrected chi connectivity index (χ1v) is 5.92. The number of aliphatic carboxylic acids is 1. The van der Waals surface area contributed by atoms with Crippen LogP contribution in [0.1, 0.15) is 46.5 Å². The molecule has 2 atom stereocenters. The summed E-state index contributed by atoms with van der Waals surface area (Å²) in [4.78, 5) is 22.3. The van der Waals surface area contributed by atoms with Crippen molar-refractivity contribution in [2.75, 3.05) is 6.61 Å². The number of rotatable bonds is 8. The summed E-state index contributed by atoms with van der Waals surface area (Å²) in [5, 5.41) is 8.77. The molecule has 2 unspecified atom stereocenters. The van der Waals surface area contributed by atoms with Gasteiger partial charge in [0.25, 0.3) is 0 Å². The van der Waals surface area contributed by atoms with Crippen LogP contribution in [0.15, 0.2) is 0 Å². The van der Waals surface area contributed by atoms with Gasteiger partial charge in [-0.3, -0.25) is 9.59 Å². The lowest BCUT2D eigenvalue weighted by atomic mass is 9.94. The Morgan fingerprint density at radius 3 is 2.38 bits per heavy atom. The fourth-order valence-corrected chi connectivity index (χ4v) is 1.39. The molecule has 0 aromatic carbocycles. The van der Waals surface area contributed by atoms with Gasteiger partial charge in [-0.05, 0) is 19.3 Å². The minimum absolute atomic E-state index is 0.260. The fourth-order valence-electron chi connectivity index (χ4n) is 1.39. The van der Waals surface area contributed by atoms with E-state index in [-0.39, 0.29) is 11.9 Å². The van der Waals surface area contributed by atoms with E-state index in [9.17, 15) is 9.59 Å². The van der Waals surface area contributed by atoms with Crippen LogP contribution < -0.4 is 0 Å². The number of hydrogen-bond donors (Lipinski definition) is 1. The van der Waals surface area contributed by atoms with Crippen LogP contribution in [0.5, 0.6) is 0 Å². The summed E-state index contributed by atoms with van der Waals surface area (Å²) >= 11 is 0. The van der Waals surface area contributed by atoms with E-state index in [0.29, 0.717) is 19.4 Å². The maximum Gasteiger partial charge on any atom is 0.308 e. The summed E-state index contributed by atoms with van der Waals surface area (Å²) < 4.78 is 5.08. The molecular weight excluding hydrogens is 208 g/mol. The molecule has 94 valence electrons. The summed E-state index contributed by atoms with van der Waals surface area (Å²) in [6, 6.07) is 0. The monoisotopic (exact) mass is 230 g/mol. The number of carboxylic acid groups (broad SMARTS) is 1. The van der Waals surface area contributed by atoms with Crippen LogP contribution >= 0.6 is 0 Å². The highest BCUT2D eigenvalue weighted by molar-refractivity contribution is 5.74. The lowest BCUT2D eigenvalue weighted by Gasteiger charge is -2.16. The molecule has 16 heavy (non-hydrogen) atoms. The zero-order chi connectivity index (χ0) is 12.6. The van der Waals surface area contributed by atoms with Crippen molar-refractivity contribution >= 4 is 11.9 Å². The smallest absolute Gasteiger partial charge is 0.308 e. The molecule has 0 aromatic rings. The summed E-state index contributed by atoms with van der Waals surface area (Å²) in [7, 11) is 0. The van der Waals surface area contributed by atoms with E-state index < -0.39 is 11.9 Å². The Bertz CT molecular complexity index is 225. The lowest BCUT2D eigenvalue weighted by Crippen LogP contribution is -2.23. The second-order valence-electron chi connectivity index (χ2n) is 4.10. The van der Waals surface area contributed by atoms with E-state index >= 15 is 0 Å². The van der Waals surface area contributed by atoms with Crippen molar-refractivity contribution in [1.29, 1.82) is 0 Å². The largest absolute Gasteiger partial charge is 0.481 e. The summed E-state index contributed by atoms with van der Waals surface area (Å²) in [6.45, 7) is 5.95. The Kier molecular flexibility index (Phi) is 7.60. The van der Waals surface area contributed by atoms with Crippen molar-refractivity contribution < 1.29 is 19.4 Å². The van der Waals surface area contributed by atoms with Gasteiger partial charge in [-0.15, -0.1) is 0 Å². The maximum absolute atomic E-state index is 11.6. The highest BCUT2D eigenvalue weighted by Crippen LogP contribution is 2.17. The number of ether oxygens (including phenoxy) is 1. The number of carbonyl (C=O) groups is 2. The molecule has 0 fully saturated rings. The topological polar surface area (TPSA) is 63.6 Å². The van der Waals surface area contributed by atoms with Crippen LogP contribution in [0.4, 0.5) is 0 Å². The van der Waals surface area contributed by atoms with Crippen molar-refractivity contribution in [3.05, 3.63) is 0 Å². The molecule has 0 radical (unpaired) electrons. The van der Waals surface area contributed by atoms with Gasteiger partial charge in [0, 0.05) is 0 Å². The molecule has 0 heterocycles. The Labute approximate surface area is 97.0 Å². The summed E-state index contributed by atoms with van der Waals surface area (Å²) in [6.07, 6.45) is 2.83. The third kappa shape index (κ3) is 5.73. The second kappa shape index (κ2) is 8.13. The van der Waals surface area contributed by atoms with Gasteiger partial charge in [-0.25, -0.2) is 0 Å². The zero-order valence-electron chi connectivity index (χ0n) is 10.4. The van der Waals surface area contributed by atoms with E-state index in [0.717, 1.165) is 12.8 Å². The van der Waals surface area contributed by atoms with Crippen molar-refractivity contribution in [3.63, 3.8) is 0 Å². The molecule has 0 bridgehead atoms. The van der Waals surface area contributed by atoms with Gasteiger partial charge < -0.3 is 9.84 Å². The van der Waals surface area contributed by atoms with E-state index in [1.54, 1.807) is 6.92 Å². The second-order valence-corrected chi connectivity index (χ2v) is 4.10. The van der Waals surface area contributed by atoms with Gasteiger partial charge in [0.15, 0.2) is 0 Å². The van der Waals surface area contributed by atoms with Crippen molar-refractivity contribution in [3.8, 4) is 0 Å². The quantitative estimate of drug-likeness (QED) is 0.514. The van der Waals surface area contributed by atoms with Crippen LogP contribution in [0.25, 0.3) is 0 Å². The Balaban J connectivity index is 4.06. The SMILES string of the molecule is CCCCOC(=O)C(CC)CC(C)C(=O)O. The Morgan fingerprint density at radius 2 is 1.94 bits per heavy atom. The Morgan fingerprint density at radius 1 is 1.31 bits per heavy atom. The number of hydrogen-bond acceptors (Lipinski definition) is 3. The van der Waals surface area contributed by atoms with Crippen molar-refractivity contribution in [2.45, 2.75) is 46.5 Å². The van der Waals surface area contributed by atoms with Crippen LogP contribution in [0.2, 0.25) is 0 Å². The van der Waals surface area contributed by atoms with E-state index in [2.05, 4.69) is 0 Å². The molecule has 4 nitrogen and oxygen atoms in total. The van der Waals surface area contributed by atoms with E-state index in [1.807, 2.05) is 13.8 Å². The first-order valence-electron chi connectivity index (χ1n) is 5.92. The van der Waals surface area contributed by atoms with Crippen molar-refractivity contribution in [2.24, 2.45) is 11.8 Å². The van der Waals surface area contributed by atoms with Gasteiger partial charge >= 0.3 is 11.9 Å². The van der Waals surface area contributed by atoms with E-state index in [1.165, 1.54) is 0 Å². The Hall–Kier alpha value is -1.06. The molecule has 0 amide bonds. The molecule has 0 aliphatic heterocycles. The molecule has 0 spiro atoms. The third-order valence-electron chi connectivity index (χ3n) is 2.63. The number of esters is 1. The summed E-state index contributed by atoms with van der Waals surface area (Å²) in [5.74, 6) is -1.91. The third-order valence-corrected chi connectivity index (χ3v) is 2.63. The van der Waals surface area contributed by atoms with Gasteiger partial charge in [0.2, 0.25) is 0 Å². The standard InChI is InChI=1S/C12H22O4/c1-4-6-7-16-12(15)10(5-2)8-9(3)11(13)14/h9-10H,4-8H2,1-3H3,(H,13,14). The number of carbonyl (C=O) groups excluding carboxylic acids is 1. The first-order chi connectivity index (χ1) is 7.52. The molecule has 4 heteroatoms. The van der Waals surface area contributed by atoms with E-state index in [4.69, 9.17) is 9.84 Å². The normalized spacial score (nSPS) is 14.2. The minimum atomic E-state index is -0.861. The molecule has 0 saturated carbocycles. The van der Waals surface area contributed by atoms with Crippen LogP contribution in [0.3, 0.4) is 0 Å². The highest BCUT2D eigenvalue weighted by atomic mass is 16.5. The maximum atomic E-state index is 11.6. The molecule has 0 rings (SSSR count). The van der Waals surface area contributed by atoms with Crippen molar-refractivity contribution in [1.82, 2.24) is 0 Å². The molecule has 1 N–H and O–H groups in total. The van der Waals surface area contributed by atoms with Crippen LogP contribution in [0, 0.1) is 11.8 Å². The molecular formula is C12H22O4. The highest BCUT2D eigenvalue weighted by Gasteiger charge is 2.23. The zero-order valence-corrected chi connectivity index (χ0v) is 10.4. The first kappa shape index (κ1) is 14.9. The van der Waals surface area contributed by atoms with Gasteiger partial charge in [0.1, 0.15) is 0 Å². The van der Waals surface area contributed by atoms with Gasteiger partial charge in [0.05, 0.1) is 18.4 Å². The average Bonchev–Trinajstić information content (AvgIpc) is 2.25. The fraction of sp³-hybridized carbons (Fsp3) is 0.833. The minimum Gasteiger partial charge on any atom is -0.481 e. The predicted molar refractivity (Wildman–Crippen MR) is 61.1 cm³/mol. The van der Waals surface area contributed by atoms with Gasteiger partial charge in [-0.2, -0.15) is 0 Å². The number of carboxylic acids is 1. The predicted octanol–water partition coefficient (Wildman–Crippen LogP) is 2.47. The molecule has 0 saturated heterocycles. The van der Waals surface area contributed by atoms with Crippen LogP contribution in [-0.4, -0.2) is 23.7 Å². The lowest BCUT2D eigenvalue weighted by molar-refractivity contribution is -0.150. The van der Waals surface area contributed by atoms with Crippen LogP contribution in [-0.2, 0) is 14.3 Å².